The number of carboxylic acids is 3. The maximum absolute atomic E-state index is 15.7. The molecule has 2 saturated carbocycles. The number of carboxylic acid groups (broad SMARTS) is 3. The van der Waals surface area contributed by atoms with Crippen LogP contribution in [0.4, 0.5) is 59.2 Å². The number of hydrogen-bond donors (Lipinski definition) is 13. The van der Waals surface area contributed by atoms with Gasteiger partial charge in [-0.15, -0.1) is 11.8 Å². The number of fused-ring (bicyclic) bond motifs is 2. The van der Waals surface area contributed by atoms with Crippen molar-refractivity contribution in [3.8, 4) is 28.2 Å². The van der Waals surface area contributed by atoms with Crippen LogP contribution in [0.1, 0.15) is 134 Å². The minimum Gasteiger partial charge on any atom is -0.755 e. The zero-order valence-electron chi connectivity index (χ0n) is 69.4. The highest BCUT2D eigenvalue weighted by molar-refractivity contribution is 8.00. The Morgan fingerprint density at radius 1 is 0.578 bits per heavy atom. The third kappa shape index (κ3) is 30.7. The lowest BCUT2D eigenvalue weighted by Crippen LogP contribution is -2.43. The van der Waals surface area contributed by atoms with E-state index in [-0.39, 0.29) is 136 Å². The van der Waals surface area contributed by atoms with E-state index in [4.69, 9.17) is 29.8 Å². The number of carbonyl (C=O) groups excluding carboxylic acids is 6. The number of phenolic OH excluding ortho intramolecular Hbond substituents is 1. The maximum atomic E-state index is 15.7. The molecular formula is C79H96F7N9O27S6-2. The summed E-state index contributed by atoms with van der Waals surface area (Å²) in [7, 11) is -10.7. The lowest BCUT2D eigenvalue weighted by molar-refractivity contribution is -0.141. The minimum atomic E-state index is -4.90. The molecule has 12 N–H and O–H groups in total. The molecule has 4 aromatic rings. The molecule has 9 rings (SSSR count). The number of nitrogens with one attached hydrogen (secondary N) is 8. The van der Waals surface area contributed by atoms with Crippen LogP contribution >= 0.6 is 24.4 Å². The smallest absolute Gasteiger partial charge is 0.336 e. The number of imide groups is 1. The number of anilines is 5. The lowest BCUT2D eigenvalue weighted by Gasteiger charge is -2.25. The number of hydrogen-bond acceptors (Lipinski definition) is 28. The van der Waals surface area contributed by atoms with E-state index >= 15 is 17.6 Å². The molecule has 706 valence electrons. The normalized spacial score (nSPS) is 15.8. The summed E-state index contributed by atoms with van der Waals surface area (Å²) in [6.07, 6.45) is 7.98. The fourth-order valence-corrected chi connectivity index (χ4v) is 18.8. The zero-order chi connectivity index (χ0) is 94.8. The highest BCUT2D eigenvalue weighted by Crippen LogP contribution is 2.45. The molecule has 5 aliphatic rings. The predicted molar refractivity (Wildman–Crippen MR) is 456 cm³/mol. The number of nitrogens with zero attached hydrogens (tertiary/aromatic N) is 1. The van der Waals surface area contributed by atoms with Crippen molar-refractivity contribution in [1.29, 1.82) is 0 Å². The number of phenols is 1. The van der Waals surface area contributed by atoms with Crippen LogP contribution in [-0.2, 0) is 99.5 Å². The molecular weight excluding hydrogens is 1830 g/mol. The first-order chi connectivity index (χ1) is 61.3. The van der Waals surface area contributed by atoms with E-state index in [1.807, 2.05) is 0 Å². The van der Waals surface area contributed by atoms with Crippen LogP contribution in [-0.4, -0.2) is 234 Å². The van der Waals surface area contributed by atoms with Gasteiger partial charge in [0, 0.05) is 120 Å². The number of halogens is 7. The fourth-order valence-electron chi connectivity index (χ4n) is 13.7. The summed E-state index contributed by atoms with van der Waals surface area (Å²) >= 11 is -1.89. The molecule has 2 heterocycles. The maximum Gasteiger partial charge on any atom is 0.336 e. The number of carbonyl (C=O) groups is 9. The first-order valence-electron chi connectivity index (χ1n) is 40.6. The van der Waals surface area contributed by atoms with Gasteiger partial charge in [-0.25, -0.2) is 62.5 Å². The predicted octanol–water partition coefficient (Wildman–Crippen LogP) is 8.08. The molecule has 0 radical (unpaired) electrons. The molecule has 0 bridgehead atoms. The fraction of sp³-hybridized carbons (Fsp3) is 0.494. The van der Waals surface area contributed by atoms with Crippen molar-refractivity contribution in [2.24, 2.45) is 0 Å². The first-order valence-corrected chi connectivity index (χ1v) is 47.0. The number of thioether (sulfide) groups is 1. The molecule has 5 unspecified atom stereocenters. The van der Waals surface area contributed by atoms with Crippen LogP contribution in [0.2, 0.25) is 0 Å². The van der Waals surface area contributed by atoms with Gasteiger partial charge in [-0.1, -0.05) is 70.3 Å². The summed E-state index contributed by atoms with van der Waals surface area (Å²) in [5, 5.41) is 53.3. The van der Waals surface area contributed by atoms with Crippen molar-refractivity contribution in [3.05, 3.63) is 105 Å². The standard InChI is InChI=1S/C51H54F3N5O17S3.C27H41F3N4O10S3.CH3F/c52-43-44(53)48(47(45(54)46(43)58-78(70)71)56-27-6-4-2-1-3-5-7-27)79(72,73)21-15-39(62)55-16-18-75-20-19-74-17-14-40(63)57-35(51(68)69)26-77-38-25-41(64)59(49(38)65)28-8-11-31(34(22-28)50(66)67)42-32-12-9-29(60)23-36(32)76-37-24-30(61)10-13-33(37)42;28-21-22(29)26(25(23(30)24(21)34-46(39)40)32-17-6-4-2-1-3-5-7-17)47(41,42)15-9-19(35)31-10-12-44-14-13-43-11-8-20(36)33-18(16-45)27(37)38;1-2/h8-13,22-24,27,35,38,56,58,60H,1-7,14-21,25-26H2,(H,55,62)(H,57,63)(H,66,67)(H,68,69)(H,70,71);17-18,32,34,45H,1-16H2,(H,31,35)(H,33,36)(H,37,38)(H,39,40);1H3/p-2/i;;1D. The molecule has 0 spiro atoms. The first kappa shape index (κ1) is 104. The molecule has 6 amide bonds. The van der Waals surface area contributed by atoms with E-state index < -0.39 is 224 Å². The second-order valence-electron chi connectivity index (χ2n) is 28.9. The molecule has 4 aromatic carbocycles. The number of aliphatic carboxylic acids is 2. The van der Waals surface area contributed by atoms with Crippen LogP contribution in [0.3, 0.4) is 0 Å². The van der Waals surface area contributed by atoms with E-state index in [0.29, 0.717) is 55.0 Å². The number of alkyl halides is 1. The van der Waals surface area contributed by atoms with Gasteiger partial charge in [0.05, 0.1) is 101 Å². The van der Waals surface area contributed by atoms with Crippen molar-refractivity contribution < 1.29 is 153 Å². The third-order valence-corrected chi connectivity index (χ3v) is 25.8. The summed E-state index contributed by atoms with van der Waals surface area (Å²) < 4.78 is 235. The zero-order valence-corrected chi connectivity index (χ0v) is 73.4. The van der Waals surface area contributed by atoms with Gasteiger partial charge in [-0.05, 0) is 67.6 Å². The highest BCUT2D eigenvalue weighted by atomic mass is 32.2. The van der Waals surface area contributed by atoms with E-state index in [0.717, 1.165) is 74.1 Å². The van der Waals surface area contributed by atoms with Crippen molar-refractivity contribution in [2.45, 2.75) is 161 Å². The second-order valence-corrected chi connectivity index (χ2v) is 36.0. The van der Waals surface area contributed by atoms with E-state index in [9.17, 15) is 111 Å². The largest absolute Gasteiger partial charge is 0.755 e. The molecule has 3 fully saturated rings. The van der Waals surface area contributed by atoms with Gasteiger partial charge in [0.25, 0.3) is 0 Å². The van der Waals surface area contributed by atoms with Crippen LogP contribution < -0.4 is 51.7 Å². The average molecular weight is 1930 g/mol. The van der Waals surface area contributed by atoms with Gasteiger partial charge in [0.15, 0.2) is 60.0 Å². The van der Waals surface area contributed by atoms with Crippen molar-refractivity contribution >= 4 is 159 Å². The number of thiol groups is 1. The number of amides is 6. The summed E-state index contributed by atoms with van der Waals surface area (Å²) in [5.41, 5.74) is -4.38. The van der Waals surface area contributed by atoms with Crippen molar-refractivity contribution in [3.63, 3.8) is 0 Å². The Morgan fingerprint density at radius 3 is 1.47 bits per heavy atom. The van der Waals surface area contributed by atoms with Crippen LogP contribution in [0, 0.1) is 34.9 Å². The highest BCUT2D eigenvalue weighted by Gasteiger charge is 2.42. The number of benzene rings is 5. The van der Waals surface area contributed by atoms with Gasteiger partial charge in [0.2, 0.25) is 35.4 Å². The van der Waals surface area contributed by atoms with Gasteiger partial charge in [-0.2, -0.15) is 12.6 Å². The Balaban J connectivity index is 0.000000388. The molecule has 5 atom stereocenters. The topological polar surface area (TPSA) is 550 Å². The summed E-state index contributed by atoms with van der Waals surface area (Å²) in [5.74, 6) is -22.3. The molecule has 1 saturated heterocycles. The summed E-state index contributed by atoms with van der Waals surface area (Å²) in [6.45, 7) is -0.373. The van der Waals surface area contributed by atoms with E-state index in [2.05, 4.69) is 44.5 Å². The average Bonchev–Trinajstić information content (AvgIpc) is 1.22. The number of ether oxygens (including phenoxy) is 4. The van der Waals surface area contributed by atoms with Gasteiger partial charge in [0.1, 0.15) is 50.3 Å². The molecule has 49 heteroatoms. The van der Waals surface area contributed by atoms with Crippen molar-refractivity contribution in [2.75, 3.05) is 121 Å². The molecule has 0 aromatic heterocycles. The molecule has 2 aliphatic heterocycles. The quantitative estimate of drug-likeness (QED) is 0.00327. The number of aromatic carboxylic acids is 1. The number of aromatic hydroxyl groups is 1. The van der Waals surface area contributed by atoms with Crippen LogP contribution in [0.15, 0.2) is 73.6 Å². The Hall–Kier alpha value is -9.83. The number of sulfone groups is 2. The molecule has 36 nitrogen and oxygen atoms in total. The lowest BCUT2D eigenvalue weighted by atomic mass is 9.90. The van der Waals surface area contributed by atoms with E-state index in [1.165, 1.54) is 58.0 Å². The van der Waals surface area contributed by atoms with Crippen molar-refractivity contribution in [1.82, 2.24) is 21.3 Å². The Morgan fingerprint density at radius 2 is 1.02 bits per heavy atom. The van der Waals surface area contributed by atoms with Gasteiger partial charge in [-0.3, -0.25) is 46.4 Å². The number of rotatable bonds is 45. The molecule has 3 aliphatic carbocycles. The van der Waals surface area contributed by atoms with Gasteiger partial charge < -0.3 is 94.2 Å². The summed E-state index contributed by atoms with van der Waals surface area (Å²) in [6, 6.07) is 8.42. The monoisotopic (exact) mass is 1930 g/mol. The summed E-state index contributed by atoms with van der Waals surface area (Å²) in [4.78, 5) is 122. The minimum absolute atomic E-state index is 0.000622. The van der Waals surface area contributed by atoms with Crippen LogP contribution in [0.5, 0.6) is 5.75 Å². The SMILES string of the molecule is O=C(CCS(=O)(=O)c1c(F)c(F)c(NS(=O)[O-])c(F)c1NC1CCCCCCC1)NCCOCCOCCC(=O)NC(CS)C(=O)O.O=C(CCS(=O)(=O)c1c(F)c(F)c(NS(=O)[O-])c(F)c1NC1CCCCCCC1)NCCOCCOCCC(=O)NC(CSC1CC(=O)N(c2ccc(-c3c4ccc(=O)cc-4oc4cc(O)ccc34)c(C(=O)O)c2)C1=O)C(=O)O.[2H]CF. The Labute approximate surface area is 745 Å². The Bertz CT molecular complexity index is 5280. The third-order valence-electron chi connectivity index (χ3n) is 19.9. The van der Waals surface area contributed by atoms with Gasteiger partial charge >= 0.3 is 17.9 Å². The Kier molecular flexibility index (Phi) is 41.7. The van der Waals surface area contributed by atoms with E-state index in [1.54, 1.807) is 0 Å². The second kappa shape index (κ2) is 51.5. The molecule has 128 heavy (non-hydrogen) atoms. The van der Waals surface area contributed by atoms with Crippen LogP contribution in [0.25, 0.3) is 33.4 Å².